The van der Waals surface area contributed by atoms with Crippen LogP contribution in [0.1, 0.15) is 0 Å². The fraction of sp³-hybridized carbons (Fsp3) is 0. The normalized spacial score (nSPS) is 10.1. The number of hydrogen-bond acceptors (Lipinski definition) is 2. The summed E-state index contributed by atoms with van der Waals surface area (Å²) in [4.78, 5) is 0. The second-order valence-electron chi connectivity index (χ2n) is 2.14. The highest BCUT2D eigenvalue weighted by atomic mass is 79.9. The van der Waals surface area contributed by atoms with Crippen LogP contribution in [0.3, 0.4) is 0 Å². The van der Waals surface area contributed by atoms with Gasteiger partial charge >= 0.3 is 7.12 Å². The van der Waals surface area contributed by atoms with Crippen molar-refractivity contribution >= 4 is 40.1 Å². The average Bonchev–Trinajstić information content (AvgIpc) is 2.00. The number of rotatable bonds is 1. The first-order chi connectivity index (χ1) is 5.54. The largest absolute Gasteiger partial charge is 0.491 e. The van der Waals surface area contributed by atoms with E-state index in [0.29, 0.717) is 0 Å². The van der Waals surface area contributed by atoms with Gasteiger partial charge < -0.3 is 10.0 Å². The molecule has 6 heteroatoms. The van der Waals surface area contributed by atoms with Crippen LogP contribution in [0.15, 0.2) is 16.6 Å². The Hall–Kier alpha value is -0.0951. The number of benzene rings is 1. The Bertz CT molecular complexity index is 308. The molecule has 0 amide bonds. The van der Waals surface area contributed by atoms with Crippen LogP contribution in [0.4, 0.5) is 4.39 Å². The van der Waals surface area contributed by atoms with Crippen LogP contribution in [0.5, 0.6) is 0 Å². The van der Waals surface area contributed by atoms with Gasteiger partial charge in [0.1, 0.15) is 5.82 Å². The molecule has 2 N–H and O–H groups in total. The lowest BCUT2D eigenvalue weighted by Gasteiger charge is -2.03. The van der Waals surface area contributed by atoms with Gasteiger partial charge in [0.05, 0.1) is 9.50 Å². The zero-order valence-electron chi connectivity index (χ0n) is 5.76. The van der Waals surface area contributed by atoms with Gasteiger partial charge in [0.15, 0.2) is 0 Å². The Morgan fingerprint density at radius 1 is 1.42 bits per heavy atom. The highest BCUT2D eigenvalue weighted by Gasteiger charge is 2.19. The molecule has 1 aromatic carbocycles. The summed E-state index contributed by atoms with van der Waals surface area (Å²) in [7, 11) is -1.82. The third-order valence-electron chi connectivity index (χ3n) is 1.34. The lowest BCUT2D eigenvalue weighted by molar-refractivity contribution is 0.423. The fourth-order valence-corrected chi connectivity index (χ4v) is 1.25. The van der Waals surface area contributed by atoms with Crippen LogP contribution < -0.4 is 5.46 Å². The highest BCUT2D eigenvalue weighted by Crippen LogP contribution is 2.23. The van der Waals surface area contributed by atoms with Crippen LogP contribution >= 0.6 is 27.5 Å². The van der Waals surface area contributed by atoms with E-state index in [1.54, 1.807) is 0 Å². The predicted octanol–water partition coefficient (Wildman–Crippen LogP) is 0.921. The van der Waals surface area contributed by atoms with E-state index in [0.717, 1.165) is 0 Å². The molecule has 0 unspecified atom stereocenters. The Morgan fingerprint density at radius 3 is 2.50 bits per heavy atom. The van der Waals surface area contributed by atoms with Gasteiger partial charge in [0.25, 0.3) is 0 Å². The van der Waals surface area contributed by atoms with E-state index in [4.69, 9.17) is 21.6 Å². The zero-order chi connectivity index (χ0) is 9.30. The molecule has 0 heterocycles. The molecule has 0 aliphatic carbocycles. The molecular formula is C6H4BBrClFO2. The van der Waals surface area contributed by atoms with Crippen LogP contribution in [0.25, 0.3) is 0 Å². The van der Waals surface area contributed by atoms with Crippen molar-refractivity contribution in [3.8, 4) is 0 Å². The maximum absolute atomic E-state index is 13.1. The van der Waals surface area contributed by atoms with Crippen molar-refractivity contribution in [2.75, 3.05) is 0 Å². The van der Waals surface area contributed by atoms with Crippen molar-refractivity contribution in [1.82, 2.24) is 0 Å². The van der Waals surface area contributed by atoms with Crippen molar-refractivity contribution in [1.29, 1.82) is 0 Å². The molecule has 0 saturated carbocycles. The van der Waals surface area contributed by atoms with Gasteiger partial charge in [-0.3, -0.25) is 0 Å². The molecule has 0 fully saturated rings. The monoisotopic (exact) mass is 252 g/mol. The van der Waals surface area contributed by atoms with Gasteiger partial charge in [-0.1, -0.05) is 17.7 Å². The van der Waals surface area contributed by atoms with Gasteiger partial charge in [-0.05, 0) is 22.0 Å². The van der Waals surface area contributed by atoms with E-state index in [-0.39, 0.29) is 15.0 Å². The molecule has 0 spiro atoms. The third kappa shape index (κ3) is 1.80. The van der Waals surface area contributed by atoms with E-state index in [1.165, 1.54) is 12.1 Å². The molecule has 0 aliphatic heterocycles. The summed E-state index contributed by atoms with van der Waals surface area (Å²) in [5, 5.41) is 17.5. The summed E-state index contributed by atoms with van der Waals surface area (Å²) in [6.07, 6.45) is 0. The summed E-state index contributed by atoms with van der Waals surface area (Å²) in [6.45, 7) is 0. The fourth-order valence-electron chi connectivity index (χ4n) is 0.740. The molecule has 1 rings (SSSR count). The summed E-state index contributed by atoms with van der Waals surface area (Å²) < 4.78 is 13.1. The predicted molar refractivity (Wildman–Crippen MR) is 48.9 cm³/mol. The van der Waals surface area contributed by atoms with Gasteiger partial charge in [-0.15, -0.1) is 0 Å². The summed E-state index contributed by atoms with van der Waals surface area (Å²) in [6, 6.07) is 2.59. The molecule has 64 valence electrons. The van der Waals surface area contributed by atoms with Gasteiger partial charge in [0.2, 0.25) is 0 Å². The number of hydrogen-bond donors (Lipinski definition) is 2. The first-order valence-corrected chi connectivity index (χ1v) is 4.20. The molecular weight excluding hydrogens is 249 g/mol. The minimum atomic E-state index is -1.82. The third-order valence-corrected chi connectivity index (χ3v) is 2.66. The van der Waals surface area contributed by atoms with Crippen LogP contribution in [-0.4, -0.2) is 17.2 Å². The average molecular weight is 253 g/mol. The molecule has 2 nitrogen and oxygen atoms in total. The van der Waals surface area contributed by atoms with Gasteiger partial charge in [-0.25, -0.2) is 4.39 Å². The van der Waals surface area contributed by atoms with E-state index >= 15 is 0 Å². The van der Waals surface area contributed by atoms with Crippen molar-refractivity contribution < 1.29 is 14.4 Å². The van der Waals surface area contributed by atoms with Crippen molar-refractivity contribution in [3.63, 3.8) is 0 Å². The topological polar surface area (TPSA) is 40.5 Å². The van der Waals surface area contributed by atoms with Crippen LogP contribution in [0, 0.1) is 5.82 Å². The maximum Gasteiger partial charge on any atom is 0.491 e. The van der Waals surface area contributed by atoms with Crippen molar-refractivity contribution in [2.24, 2.45) is 0 Å². The van der Waals surface area contributed by atoms with Crippen molar-refractivity contribution in [2.45, 2.75) is 0 Å². The smallest absolute Gasteiger partial charge is 0.423 e. The SMILES string of the molecule is OB(O)c1ccc(Cl)c(Br)c1F. The quantitative estimate of drug-likeness (QED) is 0.577. The molecule has 0 aromatic heterocycles. The minimum absolute atomic E-state index is 0.0368. The Morgan fingerprint density at radius 2 is 2.00 bits per heavy atom. The van der Waals surface area contributed by atoms with Crippen LogP contribution in [0.2, 0.25) is 5.02 Å². The summed E-state index contributed by atoms with van der Waals surface area (Å²) >= 11 is 8.41. The van der Waals surface area contributed by atoms with E-state index in [2.05, 4.69) is 15.9 Å². The highest BCUT2D eigenvalue weighted by molar-refractivity contribution is 9.10. The Kier molecular flexibility index (Phi) is 3.12. The zero-order valence-corrected chi connectivity index (χ0v) is 8.10. The number of halogens is 3. The summed E-state index contributed by atoms with van der Waals surface area (Å²) in [5.74, 6) is -0.752. The van der Waals surface area contributed by atoms with E-state index in [9.17, 15) is 4.39 Å². The Labute approximate surface area is 82.2 Å². The minimum Gasteiger partial charge on any atom is -0.423 e. The first-order valence-electron chi connectivity index (χ1n) is 3.03. The molecule has 12 heavy (non-hydrogen) atoms. The van der Waals surface area contributed by atoms with E-state index < -0.39 is 12.9 Å². The van der Waals surface area contributed by atoms with Gasteiger partial charge in [0, 0.05) is 5.46 Å². The first kappa shape index (κ1) is 9.99. The molecule has 0 atom stereocenters. The van der Waals surface area contributed by atoms with E-state index in [1.807, 2.05) is 0 Å². The molecule has 0 saturated heterocycles. The lowest BCUT2D eigenvalue weighted by atomic mass is 9.80. The standard InChI is InChI=1S/C6H4BBrClFO2/c8-5-4(9)2-1-3(6(5)10)7(11)12/h1-2,11-12H. The molecule has 0 aliphatic rings. The molecule has 1 aromatic rings. The molecule has 0 bridgehead atoms. The summed E-state index contributed by atoms with van der Waals surface area (Å²) in [5.41, 5.74) is -0.203. The van der Waals surface area contributed by atoms with Crippen molar-refractivity contribution in [3.05, 3.63) is 27.4 Å². The molecule has 0 radical (unpaired) electrons. The lowest BCUT2D eigenvalue weighted by Crippen LogP contribution is -2.32. The second-order valence-corrected chi connectivity index (χ2v) is 3.34. The van der Waals surface area contributed by atoms with Gasteiger partial charge in [-0.2, -0.15) is 0 Å². The Balaban J connectivity index is 3.27. The van der Waals surface area contributed by atoms with Crippen LogP contribution in [-0.2, 0) is 0 Å². The second kappa shape index (κ2) is 3.74. The maximum atomic E-state index is 13.1.